The highest BCUT2D eigenvalue weighted by atomic mass is 32.2. The molecule has 3 aromatic rings. The van der Waals surface area contributed by atoms with Crippen LogP contribution in [0.4, 0.5) is 14.5 Å². The average Bonchev–Trinajstić information content (AvgIpc) is 3.02. The number of pyridine rings is 1. The summed E-state index contributed by atoms with van der Waals surface area (Å²) in [5.74, 6) is -0.765. The van der Waals surface area contributed by atoms with E-state index in [0.29, 0.717) is 16.4 Å². The Bertz CT molecular complexity index is 913. The zero-order valence-corrected chi connectivity index (χ0v) is 14.1. The fourth-order valence-corrected chi connectivity index (χ4v) is 2.91. The van der Waals surface area contributed by atoms with Crippen molar-refractivity contribution in [3.63, 3.8) is 0 Å². The Morgan fingerprint density at radius 3 is 2.76 bits per heavy atom. The van der Waals surface area contributed by atoms with Gasteiger partial charge in [-0.2, -0.15) is 0 Å². The van der Waals surface area contributed by atoms with Gasteiger partial charge in [0.25, 0.3) is 0 Å². The molecule has 0 unspecified atom stereocenters. The summed E-state index contributed by atoms with van der Waals surface area (Å²) < 4.78 is 27.9. The largest absolute Gasteiger partial charge is 0.322 e. The second-order valence-corrected chi connectivity index (χ2v) is 6.18. The average molecular weight is 360 g/mol. The van der Waals surface area contributed by atoms with E-state index >= 15 is 0 Å². The maximum absolute atomic E-state index is 13.2. The Kier molecular flexibility index (Phi) is 5.08. The quantitative estimate of drug-likeness (QED) is 0.707. The van der Waals surface area contributed by atoms with Gasteiger partial charge in [-0.15, -0.1) is 11.8 Å². The molecule has 3 rings (SSSR count). The van der Waals surface area contributed by atoms with E-state index in [1.54, 1.807) is 35.3 Å². The minimum absolute atomic E-state index is 0.0579. The van der Waals surface area contributed by atoms with Crippen molar-refractivity contribution in [2.24, 2.45) is 0 Å². The van der Waals surface area contributed by atoms with Crippen molar-refractivity contribution in [2.45, 2.75) is 11.8 Å². The number of imidazole rings is 1. The molecular formula is C17H14F2N4OS. The molecular weight excluding hydrogens is 346 g/mol. The number of hydrogen-bond donors (Lipinski definition) is 1. The van der Waals surface area contributed by atoms with Gasteiger partial charge in [0.2, 0.25) is 5.91 Å². The van der Waals surface area contributed by atoms with E-state index in [2.05, 4.69) is 15.3 Å². The topological polar surface area (TPSA) is 59.8 Å². The lowest BCUT2D eigenvalue weighted by Gasteiger charge is -2.11. The lowest BCUT2D eigenvalue weighted by Crippen LogP contribution is -2.16. The van der Waals surface area contributed by atoms with Crippen molar-refractivity contribution in [1.82, 2.24) is 14.5 Å². The molecule has 0 atom stereocenters. The Balaban J connectivity index is 1.69. The summed E-state index contributed by atoms with van der Waals surface area (Å²) in [5, 5.41) is 2.78. The first-order valence-corrected chi connectivity index (χ1v) is 8.36. The van der Waals surface area contributed by atoms with Crippen LogP contribution in [0.1, 0.15) is 5.82 Å². The summed E-state index contributed by atoms with van der Waals surface area (Å²) in [6, 6.07) is 6.99. The van der Waals surface area contributed by atoms with Crippen LogP contribution in [0.2, 0.25) is 0 Å². The van der Waals surface area contributed by atoms with Gasteiger partial charge in [0, 0.05) is 23.5 Å². The smallest absolute Gasteiger partial charge is 0.234 e. The number of nitrogens with one attached hydrogen (secondary N) is 1. The van der Waals surface area contributed by atoms with E-state index in [0.717, 1.165) is 29.7 Å². The van der Waals surface area contributed by atoms with Crippen molar-refractivity contribution in [1.29, 1.82) is 0 Å². The van der Waals surface area contributed by atoms with E-state index in [-0.39, 0.29) is 11.7 Å². The molecule has 0 saturated carbocycles. The molecule has 128 valence electrons. The third kappa shape index (κ3) is 4.03. The lowest BCUT2D eigenvalue weighted by molar-refractivity contribution is -0.113. The number of halogens is 2. The first kappa shape index (κ1) is 17.1. The van der Waals surface area contributed by atoms with Crippen LogP contribution in [0, 0.1) is 18.6 Å². The molecule has 5 nitrogen and oxygen atoms in total. The summed E-state index contributed by atoms with van der Waals surface area (Å²) in [7, 11) is 0. The molecule has 0 radical (unpaired) electrons. The van der Waals surface area contributed by atoms with Crippen molar-refractivity contribution < 1.29 is 13.6 Å². The summed E-state index contributed by atoms with van der Waals surface area (Å²) in [4.78, 5) is 21.1. The van der Waals surface area contributed by atoms with Gasteiger partial charge >= 0.3 is 0 Å². The number of carbonyl (C=O) groups is 1. The van der Waals surface area contributed by atoms with Gasteiger partial charge in [-0.05, 0) is 37.3 Å². The van der Waals surface area contributed by atoms with Crippen LogP contribution in [-0.2, 0) is 4.79 Å². The molecule has 1 N–H and O–H groups in total. The predicted octanol–water partition coefficient (Wildman–Crippen LogP) is 3.58. The number of amides is 1. The molecule has 2 aromatic heterocycles. The summed E-state index contributed by atoms with van der Waals surface area (Å²) >= 11 is 1.12. The van der Waals surface area contributed by atoms with E-state index in [1.165, 1.54) is 6.07 Å². The van der Waals surface area contributed by atoms with Crippen LogP contribution in [0.3, 0.4) is 0 Å². The zero-order valence-electron chi connectivity index (χ0n) is 13.2. The number of thioether (sulfide) groups is 1. The molecule has 8 heteroatoms. The highest BCUT2D eigenvalue weighted by molar-refractivity contribution is 8.00. The van der Waals surface area contributed by atoms with E-state index in [1.807, 2.05) is 6.92 Å². The van der Waals surface area contributed by atoms with Crippen molar-refractivity contribution >= 4 is 23.4 Å². The second kappa shape index (κ2) is 7.43. The standard InChI is InChI=1S/C17H14F2N4OS/c1-11-20-7-8-23(11)17-15(3-2-6-21-17)22-16(24)10-25-12-4-5-13(18)14(19)9-12/h2-9H,10H2,1H3,(H,22,24). The van der Waals surface area contributed by atoms with Crippen LogP contribution in [-0.4, -0.2) is 26.2 Å². The van der Waals surface area contributed by atoms with Crippen LogP contribution in [0.15, 0.2) is 53.8 Å². The minimum atomic E-state index is -0.935. The third-order valence-corrected chi connectivity index (χ3v) is 4.37. The number of aromatic nitrogens is 3. The summed E-state index contributed by atoms with van der Waals surface area (Å²) in [6.45, 7) is 1.83. The van der Waals surface area contributed by atoms with E-state index in [9.17, 15) is 13.6 Å². The summed E-state index contributed by atoms with van der Waals surface area (Å²) in [5.41, 5.74) is 0.541. The van der Waals surface area contributed by atoms with E-state index in [4.69, 9.17) is 0 Å². The fourth-order valence-electron chi connectivity index (χ4n) is 2.19. The molecule has 2 heterocycles. The number of anilines is 1. The molecule has 0 aliphatic carbocycles. The third-order valence-electron chi connectivity index (χ3n) is 3.38. The molecule has 0 spiro atoms. The van der Waals surface area contributed by atoms with Crippen LogP contribution in [0.5, 0.6) is 0 Å². The number of carbonyl (C=O) groups excluding carboxylic acids is 1. The van der Waals surface area contributed by atoms with Crippen LogP contribution >= 0.6 is 11.8 Å². The van der Waals surface area contributed by atoms with Gasteiger partial charge < -0.3 is 5.32 Å². The SMILES string of the molecule is Cc1nccn1-c1ncccc1NC(=O)CSc1ccc(F)c(F)c1. The molecule has 1 aromatic carbocycles. The fraction of sp³-hybridized carbons (Fsp3) is 0.118. The number of hydrogen-bond acceptors (Lipinski definition) is 4. The molecule has 0 saturated heterocycles. The Hall–Kier alpha value is -2.74. The monoisotopic (exact) mass is 360 g/mol. The molecule has 0 fully saturated rings. The predicted molar refractivity (Wildman–Crippen MR) is 91.8 cm³/mol. The Morgan fingerprint density at radius 2 is 2.04 bits per heavy atom. The Morgan fingerprint density at radius 1 is 1.20 bits per heavy atom. The maximum Gasteiger partial charge on any atom is 0.234 e. The van der Waals surface area contributed by atoms with Crippen LogP contribution < -0.4 is 5.32 Å². The van der Waals surface area contributed by atoms with Gasteiger partial charge in [0.05, 0.1) is 11.4 Å². The normalized spacial score (nSPS) is 10.7. The van der Waals surface area contributed by atoms with Gasteiger partial charge in [0.1, 0.15) is 5.82 Å². The first-order valence-electron chi connectivity index (χ1n) is 7.37. The molecule has 1 amide bonds. The summed E-state index contributed by atoms with van der Waals surface area (Å²) in [6.07, 6.45) is 5.03. The molecule has 0 aliphatic heterocycles. The highest BCUT2D eigenvalue weighted by Crippen LogP contribution is 2.22. The number of benzene rings is 1. The maximum atomic E-state index is 13.2. The minimum Gasteiger partial charge on any atom is -0.322 e. The molecule has 25 heavy (non-hydrogen) atoms. The van der Waals surface area contributed by atoms with Crippen LogP contribution in [0.25, 0.3) is 5.82 Å². The zero-order chi connectivity index (χ0) is 17.8. The number of rotatable bonds is 5. The van der Waals surface area contributed by atoms with Gasteiger partial charge in [-0.25, -0.2) is 18.7 Å². The van der Waals surface area contributed by atoms with Gasteiger partial charge in [-0.3, -0.25) is 9.36 Å². The van der Waals surface area contributed by atoms with E-state index < -0.39 is 11.6 Å². The van der Waals surface area contributed by atoms with Gasteiger partial charge in [-0.1, -0.05) is 0 Å². The number of nitrogens with zero attached hydrogens (tertiary/aromatic N) is 3. The highest BCUT2D eigenvalue weighted by Gasteiger charge is 2.12. The lowest BCUT2D eigenvalue weighted by atomic mass is 10.3. The van der Waals surface area contributed by atoms with Crippen molar-refractivity contribution in [2.75, 3.05) is 11.1 Å². The Labute approximate surface area is 147 Å². The van der Waals surface area contributed by atoms with Crippen molar-refractivity contribution in [3.05, 3.63) is 66.4 Å². The molecule has 0 bridgehead atoms. The second-order valence-electron chi connectivity index (χ2n) is 5.13. The first-order chi connectivity index (χ1) is 12.0. The van der Waals surface area contributed by atoms with Crippen molar-refractivity contribution in [3.8, 4) is 5.82 Å². The molecule has 0 aliphatic rings. The number of aryl methyl sites for hydroxylation is 1. The van der Waals surface area contributed by atoms with Gasteiger partial charge in [0.15, 0.2) is 17.5 Å².